The van der Waals surface area contributed by atoms with Gasteiger partial charge in [-0.1, -0.05) is 24.3 Å². The number of hydrogen-bond acceptors (Lipinski definition) is 7. The molecule has 8 nitrogen and oxygen atoms in total. The number of esters is 1. The number of allylic oxidation sites excluding steroid dienone is 1. The molecule has 0 atom stereocenters. The molecular weight excluding hydrogens is 575 g/mol. The molecule has 4 aromatic rings. The second kappa shape index (κ2) is 12.7. The maximum atomic E-state index is 14.1. The van der Waals surface area contributed by atoms with Crippen molar-refractivity contribution >= 4 is 29.0 Å². The van der Waals surface area contributed by atoms with E-state index in [1.165, 1.54) is 25.3 Å². The summed E-state index contributed by atoms with van der Waals surface area (Å²) in [7, 11) is 2.83. The fraction of sp³-hybridized carbons (Fsp3) is 0.222. The van der Waals surface area contributed by atoms with Crippen LogP contribution in [0, 0.1) is 12.7 Å². The van der Waals surface area contributed by atoms with Gasteiger partial charge in [0.1, 0.15) is 29.7 Å². The first kappa shape index (κ1) is 31.1. The third kappa shape index (κ3) is 6.93. The molecule has 45 heavy (non-hydrogen) atoms. The lowest BCUT2D eigenvalue weighted by Gasteiger charge is -2.33. The fourth-order valence-electron chi connectivity index (χ4n) is 5.53. The highest BCUT2D eigenvalue weighted by atomic mass is 19.1. The minimum absolute atomic E-state index is 0.171. The summed E-state index contributed by atoms with van der Waals surface area (Å²) < 4.78 is 36.4. The van der Waals surface area contributed by atoms with E-state index in [-0.39, 0.29) is 23.7 Å². The van der Waals surface area contributed by atoms with E-state index < -0.39 is 12.1 Å². The molecule has 0 fully saturated rings. The normalized spacial score (nSPS) is 13.1. The number of carbonyl (C=O) groups excluding carboxylic acids is 2. The van der Waals surface area contributed by atoms with Gasteiger partial charge in [-0.3, -0.25) is 5.32 Å². The van der Waals surface area contributed by atoms with Crippen LogP contribution in [0.2, 0.25) is 0 Å². The minimum atomic E-state index is -0.741. The molecule has 9 heteroatoms. The number of benzene rings is 4. The third-order valence-corrected chi connectivity index (χ3v) is 7.47. The number of rotatable bonds is 8. The quantitative estimate of drug-likeness (QED) is 0.194. The zero-order valence-corrected chi connectivity index (χ0v) is 26.0. The Kier molecular flexibility index (Phi) is 8.81. The topological polar surface area (TPSA) is 95.1 Å². The molecule has 0 unspecified atom stereocenters. The van der Waals surface area contributed by atoms with Gasteiger partial charge >= 0.3 is 12.1 Å². The van der Waals surface area contributed by atoms with Crippen molar-refractivity contribution in [2.45, 2.75) is 39.8 Å². The Labute approximate surface area is 261 Å². The van der Waals surface area contributed by atoms with Crippen molar-refractivity contribution in [2.75, 3.05) is 24.9 Å². The average molecular weight is 611 g/mol. The summed E-state index contributed by atoms with van der Waals surface area (Å²) in [5, 5.41) is 6.21. The van der Waals surface area contributed by atoms with Crippen LogP contribution in [0.15, 0.2) is 78.9 Å². The van der Waals surface area contributed by atoms with Crippen LogP contribution in [0.1, 0.15) is 47.8 Å². The van der Waals surface area contributed by atoms with Gasteiger partial charge < -0.3 is 24.3 Å². The summed E-state index contributed by atoms with van der Waals surface area (Å²) >= 11 is 0. The first-order valence-corrected chi connectivity index (χ1v) is 14.4. The van der Waals surface area contributed by atoms with E-state index in [0.29, 0.717) is 22.7 Å². The van der Waals surface area contributed by atoms with Crippen molar-refractivity contribution in [3.8, 4) is 28.4 Å². The Hall–Kier alpha value is -5.31. The van der Waals surface area contributed by atoms with E-state index in [1.807, 2.05) is 25.1 Å². The molecule has 0 spiro atoms. The maximum absolute atomic E-state index is 14.1. The van der Waals surface area contributed by atoms with Gasteiger partial charge in [0.05, 0.1) is 25.3 Å². The Bertz CT molecular complexity index is 1810. The molecule has 232 valence electrons. The highest BCUT2D eigenvalue weighted by Crippen LogP contribution is 2.43. The summed E-state index contributed by atoms with van der Waals surface area (Å²) in [6.45, 7) is 8.32. The molecule has 1 aliphatic rings. The zero-order valence-electron chi connectivity index (χ0n) is 26.0. The van der Waals surface area contributed by atoms with Crippen molar-refractivity contribution in [1.29, 1.82) is 0 Å². The van der Waals surface area contributed by atoms with Crippen molar-refractivity contribution in [3.05, 3.63) is 107 Å². The monoisotopic (exact) mass is 610 g/mol. The first-order chi connectivity index (χ1) is 21.5. The third-order valence-electron chi connectivity index (χ3n) is 7.47. The lowest BCUT2D eigenvalue weighted by atomic mass is 9.85. The molecule has 1 aliphatic heterocycles. The van der Waals surface area contributed by atoms with Crippen molar-refractivity contribution in [3.63, 3.8) is 0 Å². The van der Waals surface area contributed by atoms with Gasteiger partial charge in [-0.15, -0.1) is 0 Å². The summed E-state index contributed by atoms with van der Waals surface area (Å²) in [6, 6.07) is 20.0. The van der Waals surface area contributed by atoms with E-state index in [1.54, 1.807) is 43.5 Å². The Morgan fingerprint density at radius 3 is 2.44 bits per heavy atom. The summed E-state index contributed by atoms with van der Waals surface area (Å²) in [6.07, 6.45) is 1.43. The molecule has 0 saturated carbocycles. The summed E-state index contributed by atoms with van der Waals surface area (Å²) in [5.74, 6) is 0.297. The van der Waals surface area contributed by atoms with Gasteiger partial charge in [0.2, 0.25) is 0 Å². The van der Waals surface area contributed by atoms with Gasteiger partial charge in [-0.25, -0.2) is 14.0 Å². The number of methoxy groups -OCH3 is 2. The Morgan fingerprint density at radius 1 is 0.911 bits per heavy atom. The predicted molar refractivity (Wildman–Crippen MR) is 173 cm³/mol. The second-order valence-electron chi connectivity index (χ2n) is 11.3. The maximum Gasteiger partial charge on any atom is 0.417 e. The highest BCUT2D eigenvalue weighted by molar-refractivity contribution is 5.93. The van der Waals surface area contributed by atoms with Crippen LogP contribution in [-0.4, -0.2) is 31.8 Å². The number of amides is 1. The number of hydrogen-bond donors (Lipinski definition) is 2. The molecule has 5 rings (SSSR count). The number of aryl methyl sites for hydroxylation is 1. The van der Waals surface area contributed by atoms with Crippen LogP contribution in [0.3, 0.4) is 0 Å². The molecule has 1 heterocycles. The largest absolute Gasteiger partial charge is 0.496 e. The van der Waals surface area contributed by atoms with Crippen molar-refractivity contribution in [1.82, 2.24) is 0 Å². The standard InChI is InChI=1S/C36H35FN2O6/c1-21-10-11-24(37)17-31(21)44-20-29-27(14-15-30-33(29)22(2)19-36(3,4)39-30)28-13-12-26(18-32(28)42-5)45-35(41)38-25-9-7-8-23(16-25)34(40)43-6/h7-19,39H,20H2,1-6H3,(H,38,41). The summed E-state index contributed by atoms with van der Waals surface area (Å²) in [5.41, 5.74) is 6.79. The molecule has 0 aliphatic carbocycles. The van der Waals surface area contributed by atoms with Gasteiger partial charge in [0.25, 0.3) is 0 Å². The van der Waals surface area contributed by atoms with E-state index >= 15 is 0 Å². The number of fused-ring (bicyclic) bond motifs is 1. The van der Waals surface area contributed by atoms with Crippen LogP contribution in [0.5, 0.6) is 17.2 Å². The first-order valence-electron chi connectivity index (χ1n) is 14.4. The van der Waals surface area contributed by atoms with Crippen LogP contribution >= 0.6 is 0 Å². The van der Waals surface area contributed by atoms with Gasteiger partial charge in [0.15, 0.2) is 0 Å². The molecule has 2 N–H and O–H groups in total. The minimum Gasteiger partial charge on any atom is -0.496 e. The molecule has 0 aromatic heterocycles. The van der Waals surface area contributed by atoms with E-state index in [2.05, 4.69) is 37.5 Å². The molecular formula is C36H35FN2O6. The summed E-state index contributed by atoms with van der Waals surface area (Å²) in [4.78, 5) is 24.6. The fourth-order valence-corrected chi connectivity index (χ4v) is 5.53. The second-order valence-corrected chi connectivity index (χ2v) is 11.3. The zero-order chi connectivity index (χ0) is 32.3. The lowest BCUT2D eigenvalue weighted by Crippen LogP contribution is -2.32. The number of ether oxygens (including phenoxy) is 4. The SMILES string of the molecule is COC(=O)c1cccc(NC(=O)Oc2ccc(-c3ccc4c(c3COc3cc(F)ccc3C)C(C)=CC(C)(C)N4)c(OC)c2)c1. The van der Waals surface area contributed by atoms with E-state index in [0.717, 1.165) is 39.1 Å². The smallest absolute Gasteiger partial charge is 0.417 e. The molecule has 4 aromatic carbocycles. The van der Waals surface area contributed by atoms with Crippen molar-refractivity contribution in [2.24, 2.45) is 0 Å². The van der Waals surface area contributed by atoms with Gasteiger partial charge in [0, 0.05) is 40.2 Å². The highest BCUT2D eigenvalue weighted by Gasteiger charge is 2.27. The number of nitrogens with one attached hydrogen (secondary N) is 2. The molecule has 1 amide bonds. The number of halogens is 1. The van der Waals surface area contributed by atoms with Crippen LogP contribution in [0.4, 0.5) is 20.6 Å². The van der Waals surface area contributed by atoms with Gasteiger partial charge in [-0.05, 0) is 86.9 Å². The van der Waals surface area contributed by atoms with Crippen LogP contribution < -0.4 is 24.8 Å². The van der Waals surface area contributed by atoms with E-state index in [9.17, 15) is 14.0 Å². The van der Waals surface area contributed by atoms with Crippen LogP contribution in [0.25, 0.3) is 16.7 Å². The van der Waals surface area contributed by atoms with Crippen molar-refractivity contribution < 1.29 is 32.9 Å². The number of anilines is 2. The van der Waals surface area contributed by atoms with E-state index in [4.69, 9.17) is 18.9 Å². The Balaban J connectivity index is 1.47. The van der Waals surface area contributed by atoms with Crippen LogP contribution in [-0.2, 0) is 11.3 Å². The number of carbonyl (C=O) groups is 2. The van der Waals surface area contributed by atoms with Gasteiger partial charge in [-0.2, -0.15) is 0 Å². The molecule has 0 radical (unpaired) electrons. The Morgan fingerprint density at radius 2 is 1.69 bits per heavy atom. The average Bonchev–Trinajstić information content (AvgIpc) is 3.00. The molecule has 0 bridgehead atoms. The molecule has 0 saturated heterocycles. The lowest BCUT2D eigenvalue weighted by molar-refractivity contribution is 0.0600. The predicted octanol–water partition coefficient (Wildman–Crippen LogP) is 8.39.